The lowest BCUT2D eigenvalue weighted by atomic mass is 9.33. The Kier molecular flexibility index (Phi) is 4.95. The van der Waals surface area contributed by atoms with Crippen LogP contribution in [0, 0.1) is 5.41 Å². The van der Waals surface area contributed by atoms with Gasteiger partial charge in [-0.1, -0.05) is 12.1 Å². The molecule has 1 amide bonds. The van der Waals surface area contributed by atoms with Crippen molar-refractivity contribution in [3.63, 3.8) is 0 Å². The van der Waals surface area contributed by atoms with E-state index in [9.17, 15) is 9.18 Å². The first-order valence-electron chi connectivity index (χ1n) is 9.69. The van der Waals surface area contributed by atoms with Gasteiger partial charge in [-0.3, -0.25) is 4.79 Å². The van der Waals surface area contributed by atoms with E-state index < -0.39 is 0 Å². The minimum Gasteiger partial charge on any atom is -0.489 e. The van der Waals surface area contributed by atoms with Crippen LogP contribution in [-0.4, -0.2) is 38.3 Å². The van der Waals surface area contributed by atoms with Crippen molar-refractivity contribution < 1.29 is 18.7 Å². The number of carbonyl (C=O) groups excluding carboxylic acids is 1. The fraction of sp³-hybridized carbons (Fsp3) is 0.571. The maximum atomic E-state index is 12.7. The standard InChI is InChI=1S/C21H27FN2O3/c22-9-15(10-23)11-27-18-3-1-16(2-4-18)20-12-21(13-20,14-20)19(25)24-17-5-7-26-8-6-17/h1-4,9,17H,5-8,10-14,23H2,(H,24,25). The molecule has 1 aromatic rings. The van der Waals surface area contributed by atoms with Crippen molar-refractivity contribution in [3.8, 4) is 5.75 Å². The lowest BCUT2D eigenvalue weighted by molar-refractivity contribution is -0.177. The molecule has 1 aliphatic heterocycles. The predicted octanol–water partition coefficient (Wildman–Crippen LogP) is 2.59. The quantitative estimate of drug-likeness (QED) is 0.769. The number of halogens is 1. The lowest BCUT2D eigenvalue weighted by Gasteiger charge is -2.69. The summed E-state index contributed by atoms with van der Waals surface area (Å²) >= 11 is 0. The second kappa shape index (κ2) is 7.24. The Morgan fingerprint density at radius 1 is 1.26 bits per heavy atom. The predicted molar refractivity (Wildman–Crippen MR) is 100 cm³/mol. The van der Waals surface area contributed by atoms with Gasteiger partial charge in [0.2, 0.25) is 5.91 Å². The third kappa shape index (κ3) is 3.36. The first-order valence-corrected chi connectivity index (χ1v) is 9.69. The fourth-order valence-corrected chi connectivity index (χ4v) is 4.73. The van der Waals surface area contributed by atoms with Crippen LogP contribution in [0.2, 0.25) is 0 Å². The van der Waals surface area contributed by atoms with Crippen LogP contribution in [0.15, 0.2) is 36.2 Å². The number of carbonyl (C=O) groups is 1. The van der Waals surface area contributed by atoms with Crippen LogP contribution in [0.25, 0.3) is 0 Å². The Labute approximate surface area is 159 Å². The van der Waals surface area contributed by atoms with Gasteiger partial charge >= 0.3 is 0 Å². The van der Waals surface area contributed by atoms with E-state index in [-0.39, 0.29) is 35.9 Å². The highest BCUT2D eigenvalue weighted by Gasteiger charge is 2.71. The summed E-state index contributed by atoms with van der Waals surface area (Å²) < 4.78 is 23.4. The van der Waals surface area contributed by atoms with E-state index in [2.05, 4.69) is 17.4 Å². The molecule has 3 N–H and O–H groups in total. The van der Waals surface area contributed by atoms with Gasteiger partial charge < -0.3 is 20.5 Å². The molecule has 5 rings (SSSR count). The summed E-state index contributed by atoms with van der Waals surface area (Å²) in [6.07, 6.45) is 5.11. The van der Waals surface area contributed by atoms with Gasteiger partial charge in [0.15, 0.2) is 0 Å². The van der Waals surface area contributed by atoms with Gasteiger partial charge in [0.05, 0.1) is 11.7 Å². The van der Waals surface area contributed by atoms with Gasteiger partial charge in [0.25, 0.3) is 0 Å². The highest BCUT2D eigenvalue weighted by molar-refractivity contribution is 5.87. The minimum absolute atomic E-state index is 0.146. The highest BCUT2D eigenvalue weighted by Crippen LogP contribution is 2.73. The molecule has 5 nitrogen and oxygen atoms in total. The molecule has 2 bridgehead atoms. The zero-order valence-electron chi connectivity index (χ0n) is 15.5. The maximum absolute atomic E-state index is 12.7. The Bertz CT molecular complexity index is 706. The van der Waals surface area contributed by atoms with E-state index in [1.54, 1.807) is 0 Å². The molecule has 0 radical (unpaired) electrons. The van der Waals surface area contributed by atoms with Gasteiger partial charge in [-0.05, 0) is 55.2 Å². The number of benzene rings is 1. The van der Waals surface area contributed by atoms with Crippen molar-refractivity contribution in [2.24, 2.45) is 11.1 Å². The topological polar surface area (TPSA) is 73.6 Å². The van der Waals surface area contributed by atoms with Crippen molar-refractivity contribution in [1.29, 1.82) is 0 Å². The number of hydrogen-bond donors (Lipinski definition) is 2. The SMILES string of the molecule is NCC(=CF)COc1ccc(C23CC(C(=O)NC4CCOCC4)(C2)C3)cc1. The normalized spacial score (nSPS) is 30.2. The number of hydrogen-bond acceptors (Lipinski definition) is 4. The number of nitrogens with two attached hydrogens (primary N) is 1. The molecule has 3 saturated carbocycles. The van der Waals surface area contributed by atoms with E-state index in [4.69, 9.17) is 15.2 Å². The van der Waals surface area contributed by atoms with Crippen molar-refractivity contribution in [2.45, 2.75) is 43.6 Å². The second-order valence-electron chi connectivity index (χ2n) is 8.24. The molecule has 1 heterocycles. The molecule has 3 aliphatic carbocycles. The molecular formula is C21H27FN2O3. The summed E-state index contributed by atoms with van der Waals surface area (Å²) in [5.74, 6) is 0.925. The van der Waals surface area contributed by atoms with Crippen molar-refractivity contribution >= 4 is 5.91 Å². The zero-order valence-corrected chi connectivity index (χ0v) is 15.5. The molecule has 1 aromatic carbocycles. The summed E-state index contributed by atoms with van der Waals surface area (Å²) in [5.41, 5.74) is 7.10. The molecular weight excluding hydrogens is 347 g/mol. The van der Waals surface area contributed by atoms with Gasteiger partial charge in [-0.15, -0.1) is 0 Å². The van der Waals surface area contributed by atoms with E-state index in [1.807, 2.05) is 12.1 Å². The summed E-state index contributed by atoms with van der Waals surface area (Å²) in [6.45, 7) is 1.79. The van der Waals surface area contributed by atoms with E-state index in [0.29, 0.717) is 17.7 Å². The lowest BCUT2D eigenvalue weighted by Crippen LogP contribution is -2.70. The van der Waals surface area contributed by atoms with Crippen molar-refractivity contribution in [3.05, 3.63) is 41.7 Å². The summed E-state index contributed by atoms with van der Waals surface area (Å²) in [4.78, 5) is 12.7. The Morgan fingerprint density at radius 3 is 2.52 bits per heavy atom. The maximum Gasteiger partial charge on any atom is 0.226 e. The number of ether oxygens (including phenoxy) is 2. The number of amides is 1. The molecule has 0 spiro atoms. The van der Waals surface area contributed by atoms with Crippen LogP contribution in [0.5, 0.6) is 5.75 Å². The van der Waals surface area contributed by atoms with Crippen LogP contribution < -0.4 is 15.8 Å². The number of rotatable bonds is 7. The third-order valence-electron chi connectivity index (χ3n) is 6.38. The zero-order chi connectivity index (χ0) is 18.9. The minimum atomic E-state index is -0.157. The van der Waals surface area contributed by atoms with Crippen LogP contribution in [-0.2, 0) is 14.9 Å². The van der Waals surface area contributed by atoms with Crippen LogP contribution in [0.3, 0.4) is 0 Å². The summed E-state index contributed by atoms with van der Waals surface area (Å²) in [6, 6.07) is 8.23. The molecule has 27 heavy (non-hydrogen) atoms. The number of nitrogens with one attached hydrogen (secondary N) is 1. The molecule has 4 aliphatic rings. The molecule has 1 saturated heterocycles. The fourth-order valence-electron chi connectivity index (χ4n) is 4.73. The molecule has 0 aromatic heterocycles. The van der Waals surface area contributed by atoms with Crippen molar-refractivity contribution in [2.75, 3.05) is 26.4 Å². The van der Waals surface area contributed by atoms with Gasteiger partial charge in [-0.2, -0.15) is 0 Å². The van der Waals surface area contributed by atoms with Crippen LogP contribution in [0.4, 0.5) is 4.39 Å². The molecule has 0 atom stereocenters. The van der Waals surface area contributed by atoms with E-state index in [0.717, 1.165) is 45.3 Å². The summed E-state index contributed by atoms with van der Waals surface area (Å²) in [7, 11) is 0. The summed E-state index contributed by atoms with van der Waals surface area (Å²) in [5, 5.41) is 3.23. The highest BCUT2D eigenvalue weighted by atomic mass is 19.1. The Morgan fingerprint density at radius 2 is 1.93 bits per heavy atom. The third-order valence-corrected chi connectivity index (χ3v) is 6.38. The van der Waals surface area contributed by atoms with E-state index >= 15 is 0 Å². The molecule has 6 heteroatoms. The first-order chi connectivity index (χ1) is 13.1. The molecule has 0 unspecified atom stereocenters. The average molecular weight is 374 g/mol. The van der Waals surface area contributed by atoms with Crippen molar-refractivity contribution in [1.82, 2.24) is 5.32 Å². The molecule has 146 valence electrons. The monoisotopic (exact) mass is 374 g/mol. The Hall–Kier alpha value is -1.92. The van der Waals surface area contributed by atoms with Crippen LogP contribution >= 0.6 is 0 Å². The second-order valence-corrected chi connectivity index (χ2v) is 8.24. The van der Waals surface area contributed by atoms with Gasteiger partial charge in [0.1, 0.15) is 12.4 Å². The van der Waals surface area contributed by atoms with E-state index in [1.165, 1.54) is 5.56 Å². The average Bonchev–Trinajstić information content (AvgIpc) is 2.62. The smallest absolute Gasteiger partial charge is 0.226 e. The van der Waals surface area contributed by atoms with Crippen LogP contribution in [0.1, 0.15) is 37.7 Å². The first kappa shape index (κ1) is 18.4. The Balaban J connectivity index is 1.30. The largest absolute Gasteiger partial charge is 0.489 e. The van der Waals surface area contributed by atoms with Gasteiger partial charge in [-0.25, -0.2) is 4.39 Å². The van der Waals surface area contributed by atoms with Gasteiger partial charge in [0, 0.05) is 31.4 Å². The molecule has 4 fully saturated rings.